The van der Waals surface area contributed by atoms with Crippen LogP contribution in [0.25, 0.3) is 32.9 Å². The largest absolute Gasteiger partial charge is 0.507 e. The van der Waals surface area contributed by atoms with E-state index >= 15 is 0 Å². The van der Waals surface area contributed by atoms with Crippen molar-refractivity contribution in [3.05, 3.63) is 108 Å². The van der Waals surface area contributed by atoms with E-state index in [1.165, 1.54) is 0 Å². The molecule has 3 radical (unpaired) electrons. The van der Waals surface area contributed by atoms with Crippen molar-refractivity contribution in [2.75, 3.05) is 0 Å². The molecule has 0 saturated carbocycles. The number of phenols is 4. The van der Waals surface area contributed by atoms with Gasteiger partial charge in [-0.05, 0) is 50.2 Å². The molecular formula is C32H28AlN2O6. The number of hydrogen-bond acceptors (Lipinski definition) is 8. The Bertz CT molecular complexity index is 1680. The molecule has 0 atom stereocenters. The van der Waals surface area contributed by atoms with Crippen molar-refractivity contribution >= 4 is 39.2 Å². The summed E-state index contributed by atoms with van der Waals surface area (Å²) in [7, 11) is 0. The van der Waals surface area contributed by atoms with Gasteiger partial charge < -0.3 is 30.6 Å². The third-order valence-electron chi connectivity index (χ3n) is 6.07. The Hall–Kier alpha value is -4.97. The topological polar surface area (TPSA) is 147 Å². The fraction of sp³-hybridized carbons (Fsp3) is 0.0625. The number of pyridine rings is 2. The zero-order valence-electron chi connectivity index (χ0n) is 22.4. The fourth-order valence-electron chi connectivity index (χ4n) is 3.93. The van der Waals surface area contributed by atoms with Crippen LogP contribution < -0.4 is 0 Å². The van der Waals surface area contributed by atoms with E-state index in [2.05, 4.69) is 9.97 Å². The second-order valence-corrected chi connectivity index (χ2v) is 8.92. The second kappa shape index (κ2) is 13.4. The minimum Gasteiger partial charge on any atom is -0.507 e. The van der Waals surface area contributed by atoms with Gasteiger partial charge in [0.25, 0.3) is 0 Å². The molecule has 0 spiro atoms. The molecule has 0 aliphatic heterocycles. The Labute approximate surface area is 247 Å². The molecule has 0 bridgehead atoms. The number of aromatic nitrogens is 2. The minimum atomic E-state index is 0. The Morgan fingerprint density at radius 1 is 0.415 bits per heavy atom. The van der Waals surface area contributed by atoms with Gasteiger partial charge in [-0.2, -0.15) is 0 Å². The van der Waals surface area contributed by atoms with Crippen LogP contribution in [0.15, 0.2) is 97.1 Å². The van der Waals surface area contributed by atoms with Crippen LogP contribution >= 0.6 is 0 Å². The number of fused-ring (bicyclic) bond motifs is 2. The van der Waals surface area contributed by atoms with Gasteiger partial charge in [-0.25, -0.2) is 9.97 Å². The van der Waals surface area contributed by atoms with Gasteiger partial charge >= 0.3 is 0 Å². The van der Waals surface area contributed by atoms with Gasteiger partial charge in [-0.1, -0.05) is 60.7 Å². The zero-order valence-corrected chi connectivity index (χ0v) is 23.5. The van der Waals surface area contributed by atoms with Crippen molar-refractivity contribution in [3.63, 3.8) is 0 Å². The molecule has 0 unspecified atom stereocenters. The lowest BCUT2D eigenvalue weighted by Crippen LogP contribution is -1.84. The summed E-state index contributed by atoms with van der Waals surface area (Å²) in [6, 6.07) is 27.2. The molecule has 9 heteroatoms. The van der Waals surface area contributed by atoms with Crippen molar-refractivity contribution < 1.29 is 30.6 Å². The van der Waals surface area contributed by atoms with Gasteiger partial charge in [0.2, 0.25) is 0 Å². The van der Waals surface area contributed by atoms with Crippen molar-refractivity contribution in [1.82, 2.24) is 9.97 Å². The van der Waals surface area contributed by atoms with Crippen LogP contribution in [0.3, 0.4) is 0 Å². The van der Waals surface area contributed by atoms with Crippen molar-refractivity contribution in [1.29, 1.82) is 0 Å². The number of benzene rings is 4. The van der Waals surface area contributed by atoms with Gasteiger partial charge in [0.1, 0.15) is 45.5 Å². The van der Waals surface area contributed by atoms with Crippen LogP contribution in [0.1, 0.15) is 11.4 Å². The number of aromatic hydroxyl groups is 6. The third kappa shape index (κ3) is 7.17. The number of hydrogen-bond donors (Lipinski definition) is 6. The van der Waals surface area contributed by atoms with E-state index in [-0.39, 0.29) is 51.9 Å². The SMILES string of the molecule is Cc1nc2c(O)cccc2cc1O.Cc1nc2c(O)cccc2cc1O.Oc1ccccc1-c1ccccc1O.[Al]. The van der Waals surface area contributed by atoms with Gasteiger partial charge in [-0.15, -0.1) is 0 Å². The average Bonchev–Trinajstić information content (AvgIpc) is 2.93. The first-order chi connectivity index (χ1) is 19.2. The maximum absolute atomic E-state index is 9.58. The first-order valence-corrected chi connectivity index (χ1v) is 12.3. The highest BCUT2D eigenvalue weighted by Gasteiger charge is 2.07. The monoisotopic (exact) mass is 563 g/mol. The van der Waals surface area contributed by atoms with Crippen molar-refractivity contribution in [2.45, 2.75) is 13.8 Å². The molecule has 205 valence electrons. The van der Waals surface area contributed by atoms with Gasteiger partial charge in [0.05, 0.1) is 11.4 Å². The summed E-state index contributed by atoms with van der Waals surface area (Å²) in [5.74, 6) is 0.931. The molecule has 6 rings (SSSR count). The smallest absolute Gasteiger partial charge is 0.141 e. The standard InChI is InChI=1S/C12H10O2.2C10H9NO2.Al/c13-11-7-3-1-5-9(11)10-6-2-4-8-12(10)14;2*1-6-9(13)5-7-3-2-4-8(12)10(7)11-6;/h1-8,13-14H;2*2-5,12-13H,1H3;. The summed E-state index contributed by atoms with van der Waals surface area (Å²) in [6.45, 7) is 3.39. The number of phenolic OH excluding ortho intramolecular Hbond substituents is 4. The summed E-state index contributed by atoms with van der Waals surface area (Å²) < 4.78 is 0. The van der Waals surface area contributed by atoms with E-state index in [4.69, 9.17) is 0 Å². The third-order valence-corrected chi connectivity index (χ3v) is 6.07. The maximum Gasteiger partial charge on any atom is 0.141 e. The van der Waals surface area contributed by atoms with Crippen LogP contribution in [0.2, 0.25) is 0 Å². The lowest BCUT2D eigenvalue weighted by atomic mass is 10.0. The molecule has 4 aromatic carbocycles. The molecule has 6 aromatic rings. The summed E-state index contributed by atoms with van der Waals surface area (Å²) in [5.41, 5.74) is 3.38. The number of rotatable bonds is 1. The van der Waals surface area contributed by atoms with Gasteiger partial charge in [-0.3, -0.25) is 0 Å². The van der Waals surface area contributed by atoms with Crippen LogP contribution in [0.5, 0.6) is 34.5 Å². The lowest BCUT2D eigenvalue weighted by molar-refractivity contribution is 0.466. The summed E-state index contributed by atoms with van der Waals surface area (Å²) in [4.78, 5) is 8.15. The summed E-state index contributed by atoms with van der Waals surface area (Å²) in [5, 5.41) is 58.2. The number of aryl methyl sites for hydroxylation is 2. The molecule has 6 N–H and O–H groups in total. The average molecular weight is 564 g/mol. The highest BCUT2D eigenvalue weighted by Crippen LogP contribution is 2.34. The van der Waals surface area contributed by atoms with Crippen molar-refractivity contribution in [3.8, 4) is 45.6 Å². The quantitative estimate of drug-likeness (QED) is 0.128. The highest BCUT2D eigenvalue weighted by molar-refractivity contribution is 5.86. The van der Waals surface area contributed by atoms with E-state index in [1.807, 2.05) is 12.1 Å². The van der Waals surface area contributed by atoms with E-state index in [9.17, 15) is 30.6 Å². The first kappa shape index (κ1) is 30.6. The van der Waals surface area contributed by atoms with Gasteiger partial charge in [0, 0.05) is 39.3 Å². The lowest BCUT2D eigenvalue weighted by Gasteiger charge is -2.05. The van der Waals surface area contributed by atoms with Crippen molar-refractivity contribution in [2.24, 2.45) is 0 Å². The predicted octanol–water partition coefficient (Wildman–Crippen LogP) is 6.29. The normalized spacial score (nSPS) is 10.1. The number of para-hydroxylation sites is 4. The maximum atomic E-state index is 9.58. The Kier molecular flexibility index (Phi) is 9.99. The molecule has 0 aliphatic carbocycles. The molecule has 0 saturated heterocycles. The van der Waals surface area contributed by atoms with Crippen LogP contribution in [0, 0.1) is 13.8 Å². The first-order valence-electron chi connectivity index (χ1n) is 12.3. The van der Waals surface area contributed by atoms with E-state index < -0.39 is 0 Å². The molecule has 0 amide bonds. The predicted molar refractivity (Wildman–Crippen MR) is 161 cm³/mol. The Balaban J connectivity index is 0.000000167. The zero-order chi connectivity index (χ0) is 28.8. The summed E-state index contributed by atoms with van der Waals surface area (Å²) in [6.07, 6.45) is 0. The van der Waals surface area contributed by atoms with Crippen LogP contribution in [-0.4, -0.2) is 58.0 Å². The summed E-state index contributed by atoms with van der Waals surface area (Å²) >= 11 is 0. The molecular weight excluding hydrogens is 535 g/mol. The highest BCUT2D eigenvalue weighted by atomic mass is 27.0. The second-order valence-electron chi connectivity index (χ2n) is 8.92. The van der Waals surface area contributed by atoms with Gasteiger partial charge in [0.15, 0.2) is 0 Å². The molecule has 0 fully saturated rings. The minimum absolute atomic E-state index is 0. The van der Waals surface area contributed by atoms with E-state index in [0.29, 0.717) is 33.5 Å². The molecule has 8 nitrogen and oxygen atoms in total. The Morgan fingerprint density at radius 3 is 1.12 bits per heavy atom. The fourth-order valence-corrected chi connectivity index (χ4v) is 3.93. The van der Waals surface area contributed by atoms with E-state index in [1.54, 1.807) is 98.8 Å². The molecule has 41 heavy (non-hydrogen) atoms. The Morgan fingerprint density at radius 2 is 0.756 bits per heavy atom. The number of nitrogens with zero attached hydrogens (tertiary/aromatic N) is 2. The molecule has 2 heterocycles. The molecule has 0 aliphatic rings. The van der Waals surface area contributed by atoms with E-state index in [0.717, 1.165) is 10.8 Å². The molecule has 2 aromatic heterocycles. The van der Waals surface area contributed by atoms with Crippen LogP contribution in [-0.2, 0) is 0 Å². The van der Waals surface area contributed by atoms with Crippen LogP contribution in [0.4, 0.5) is 0 Å².